The second-order valence-corrected chi connectivity index (χ2v) is 6.51. The van der Waals surface area contributed by atoms with Crippen LogP contribution >= 0.6 is 0 Å². The van der Waals surface area contributed by atoms with Gasteiger partial charge in [-0.1, -0.05) is 25.5 Å². The second-order valence-electron chi connectivity index (χ2n) is 6.51. The van der Waals surface area contributed by atoms with E-state index in [1.807, 2.05) is 30.3 Å². The van der Waals surface area contributed by atoms with Crippen molar-refractivity contribution in [1.82, 2.24) is 5.32 Å². The third kappa shape index (κ3) is 7.22. The van der Waals surface area contributed by atoms with Gasteiger partial charge in [0.1, 0.15) is 11.6 Å². The maximum atomic E-state index is 12.2. The molecule has 0 bridgehead atoms. The fourth-order valence-corrected chi connectivity index (χ4v) is 2.79. The highest BCUT2D eigenvalue weighted by Gasteiger charge is 2.14. The Bertz CT molecular complexity index is 678. The van der Waals surface area contributed by atoms with Crippen molar-refractivity contribution in [3.05, 3.63) is 36.0 Å². The van der Waals surface area contributed by atoms with Crippen molar-refractivity contribution in [2.24, 2.45) is 0 Å². The van der Waals surface area contributed by atoms with Gasteiger partial charge in [-0.15, -0.1) is 0 Å². The summed E-state index contributed by atoms with van der Waals surface area (Å²) in [5.74, 6) is -0.382. The SMILES string of the molecule is CCCCOCCCNC(=O)/C(C#N)=C\Nc1ccccc1N1CCOCC1. The lowest BCUT2D eigenvalue weighted by Crippen LogP contribution is -2.36. The Labute approximate surface area is 167 Å². The molecule has 2 rings (SSSR count). The zero-order valence-electron chi connectivity index (χ0n) is 16.6. The van der Waals surface area contributed by atoms with E-state index in [9.17, 15) is 10.1 Å². The highest BCUT2D eigenvalue weighted by atomic mass is 16.5. The molecule has 0 unspecified atom stereocenters. The average Bonchev–Trinajstić information content (AvgIpc) is 2.74. The van der Waals surface area contributed by atoms with Gasteiger partial charge in [-0.2, -0.15) is 5.26 Å². The summed E-state index contributed by atoms with van der Waals surface area (Å²) in [6, 6.07) is 9.81. The maximum Gasteiger partial charge on any atom is 0.263 e. The highest BCUT2D eigenvalue weighted by Crippen LogP contribution is 2.26. The van der Waals surface area contributed by atoms with E-state index in [2.05, 4.69) is 22.5 Å². The van der Waals surface area contributed by atoms with Crippen molar-refractivity contribution in [2.45, 2.75) is 26.2 Å². The Hall–Kier alpha value is -2.56. The molecule has 1 amide bonds. The van der Waals surface area contributed by atoms with Crippen LogP contribution in [-0.2, 0) is 14.3 Å². The first-order valence-electron chi connectivity index (χ1n) is 9.90. The van der Waals surface area contributed by atoms with Gasteiger partial charge >= 0.3 is 0 Å². The predicted octanol–water partition coefficient (Wildman–Crippen LogP) is 2.67. The third-order valence-electron chi connectivity index (χ3n) is 4.39. The first-order valence-corrected chi connectivity index (χ1v) is 9.90. The summed E-state index contributed by atoms with van der Waals surface area (Å²) in [6.07, 6.45) is 4.34. The van der Waals surface area contributed by atoms with Crippen LogP contribution < -0.4 is 15.5 Å². The Kier molecular flexibility index (Phi) is 9.91. The Morgan fingerprint density at radius 2 is 2.04 bits per heavy atom. The van der Waals surface area contributed by atoms with E-state index < -0.39 is 0 Å². The van der Waals surface area contributed by atoms with Crippen LogP contribution in [0.4, 0.5) is 11.4 Å². The molecule has 0 atom stereocenters. The number of benzene rings is 1. The summed E-state index contributed by atoms with van der Waals surface area (Å²) in [5, 5.41) is 15.2. The number of anilines is 2. The van der Waals surface area contributed by atoms with Gasteiger partial charge in [-0.25, -0.2) is 0 Å². The lowest BCUT2D eigenvalue weighted by molar-refractivity contribution is -0.117. The second kappa shape index (κ2) is 12.8. The molecule has 28 heavy (non-hydrogen) atoms. The summed E-state index contributed by atoms with van der Waals surface area (Å²) < 4.78 is 10.9. The van der Waals surface area contributed by atoms with Gasteiger partial charge in [0, 0.05) is 39.0 Å². The first kappa shape index (κ1) is 21.7. The first-order chi connectivity index (χ1) is 13.8. The number of nitrogens with one attached hydrogen (secondary N) is 2. The minimum Gasteiger partial charge on any atom is -0.381 e. The predicted molar refractivity (Wildman–Crippen MR) is 110 cm³/mol. The topological polar surface area (TPSA) is 86.6 Å². The van der Waals surface area contributed by atoms with Gasteiger partial charge < -0.3 is 25.0 Å². The Morgan fingerprint density at radius 3 is 2.79 bits per heavy atom. The number of nitriles is 1. The zero-order chi connectivity index (χ0) is 20.0. The van der Waals surface area contributed by atoms with E-state index in [1.165, 1.54) is 6.20 Å². The summed E-state index contributed by atoms with van der Waals surface area (Å²) >= 11 is 0. The summed E-state index contributed by atoms with van der Waals surface area (Å²) in [6.45, 7) is 6.97. The van der Waals surface area contributed by atoms with Crippen LogP contribution in [0, 0.1) is 11.3 Å². The van der Waals surface area contributed by atoms with Crippen molar-refractivity contribution in [1.29, 1.82) is 5.26 Å². The molecule has 1 saturated heterocycles. The number of rotatable bonds is 11. The van der Waals surface area contributed by atoms with E-state index in [1.54, 1.807) is 0 Å². The van der Waals surface area contributed by atoms with Gasteiger partial charge in [-0.05, 0) is 25.0 Å². The van der Waals surface area contributed by atoms with Crippen LogP contribution in [-0.4, -0.2) is 52.0 Å². The number of carbonyl (C=O) groups is 1. The van der Waals surface area contributed by atoms with Crippen molar-refractivity contribution in [3.63, 3.8) is 0 Å². The monoisotopic (exact) mass is 386 g/mol. The molecular weight excluding hydrogens is 356 g/mol. The average molecular weight is 386 g/mol. The lowest BCUT2D eigenvalue weighted by Gasteiger charge is -2.30. The standard InChI is InChI=1S/C21H30N4O3/c1-2-3-12-27-13-6-9-23-21(26)18(16-22)17-24-19-7-4-5-8-20(19)25-10-14-28-15-11-25/h4-5,7-8,17,24H,2-3,6,9-15H2,1H3,(H,23,26)/b18-17-. The fraction of sp³-hybridized carbons (Fsp3) is 0.524. The number of morpholine rings is 1. The van der Waals surface area contributed by atoms with Gasteiger partial charge in [0.15, 0.2) is 0 Å². The van der Waals surface area contributed by atoms with E-state index >= 15 is 0 Å². The van der Waals surface area contributed by atoms with Crippen LogP contribution in [0.1, 0.15) is 26.2 Å². The van der Waals surface area contributed by atoms with Crippen molar-refractivity contribution >= 4 is 17.3 Å². The minimum atomic E-state index is -0.382. The number of amides is 1. The normalized spacial score (nSPS) is 14.4. The highest BCUT2D eigenvalue weighted by molar-refractivity contribution is 5.97. The smallest absolute Gasteiger partial charge is 0.263 e. The van der Waals surface area contributed by atoms with Crippen LogP contribution in [0.2, 0.25) is 0 Å². The molecule has 0 aliphatic carbocycles. The van der Waals surface area contributed by atoms with Crippen LogP contribution in [0.3, 0.4) is 0 Å². The fourth-order valence-electron chi connectivity index (χ4n) is 2.79. The maximum absolute atomic E-state index is 12.2. The van der Waals surface area contributed by atoms with Gasteiger partial charge in [0.2, 0.25) is 0 Å². The molecule has 0 radical (unpaired) electrons. The van der Waals surface area contributed by atoms with Gasteiger partial charge in [0.25, 0.3) is 5.91 Å². The van der Waals surface area contributed by atoms with E-state index in [0.717, 1.165) is 50.3 Å². The molecule has 1 fully saturated rings. The summed E-state index contributed by atoms with van der Waals surface area (Å²) in [4.78, 5) is 14.4. The molecular formula is C21H30N4O3. The molecule has 1 aliphatic rings. The Morgan fingerprint density at radius 1 is 1.29 bits per heavy atom. The number of hydrogen-bond donors (Lipinski definition) is 2. The number of ether oxygens (including phenoxy) is 2. The molecule has 152 valence electrons. The number of nitrogens with zero attached hydrogens (tertiary/aromatic N) is 2. The quantitative estimate of drug-likeness (QED) is 0.345. The molecule has 1 heterocycles. The largest absolute Gasteiger partial charge is 0.381 e. The number of hydrogen-bond acceptors (Lipinski definition) is 6. The molecule has 7 nitrogen and oxygen atoms in total. The van der Waals surface area contributed by atoms with Crippen LogP contribution in [0.5, 0.6) is 0 Å². The lowest BCUT2D eigenvalue weighted by atomic mass is 10.2. The van der Waals surface area contributed by atoms with E-state index in [4.69, 9.17) is 9.47 Å². The number of unbranched alkanes of at least 4 members (excludes halogenated alkanes) is 1. The molecule has 1 aliphatic heterocycles. The van der Waals surface area contributed by atoms with E-state index in [-0.39, 0.29) is 11.5 Å². The minimum absolute atomic E-state index is 0.0451. The van der Waals surface area contributed by atoms with E-state index in [0.29, 0.717) is 26.4 Å². The summed E-state index contributed by atoms with van der Waals surface area (Å²) in [5.41, 5.74) is 1.93. The molecule has 1 aromatic rings. The van der Waals surface area contributed by atoms with Crippen LogP contribution in [0.25, 0.3) is 0 Å². The van der Waals surface area contributed by atoms with Crippen molar-refractivity contribution < 1.29 is 14.3 Å². The molecule has 7 heteroatoms. The van der Waals surface area contributed by atoms with Gasteiger partial charge in [0.05, 0.1) is 24.6 Å². The molecule has 0 saturated carbocycles. The molecule has 2 N–H and O–H groups in total. The number of para-hydroxylation sites is 2. The zero-order valence-corrected chi connectivity index (χ0v) is 16.6. The molecule has 1 aromatic carbocycles. The molecule has 0 spiro atoms. The molecule has 0 aromatic heterocycles. The van der Waals surface area contributed by atoms with Crippen molar-refractivity contribution in [2.75, 3.05) is 56.3 Å². The Balaban J connectivity index is 1.85. The van der Waals surface area contributed by atoms with Gasteiger partial charge in [-0.3, -0.25) is 4.79 Å². The number of carbonyl (C=O) groups excluding carboxylic acids is 1. The van der Waals surface area contributed by atoms with Crippen molar-refractivity contribution in [3.8, 4) is 6.07 Å². The summed E-state index contributed by atoms with van der Waals surface area (Å²) in [7, 11) is 0. The third-order valence-corrected chi connectivity index (χ3v) is 4.39. The van der Waals surface area contributed by atoms with Crippen LogP contribution in [0.15, 0.2) is 36.0 Å².